The molecule has 0 saturated carbocycles. The number of amides is 2. The number of carbonyl (C=O) groups excluding carboxylic acids is 3. The fourth-order valence-electron chi connectivity index (χ4n) is 4.01. The molecule has 2 rings (SSSR count). The lowest BCUT2D eigenvalue weighted by molar-refractivity contribution is -0.147. The van der Waals surface area contributed by atoms with E-state index in [2.05, 4.69) is 28.2 Å². The molecule has 1 aliphatic rings. The van der Waals surface area contributed by atoms with Gasteiger partial charge in [0.1, 0.15) is 11.8 Å². The normalized spacial score (nSPS) is 15.7. The van der Waals surface area contributed by atoms with Gasteiger partial charge in [0.2, 0.25) is 5.91 Å². The van der Waals surface area contributed by atoms with Crippen LogP contribution in [0.25, 0.3) is 0 Å². The van der Waals surface area contributed by atoms with Crippen LogP contribution in [0.15, 0.2) is 22.7 Å². The molecular formula is C27H41BrN2O5. The van der Waals surface area contributed by atoms with Crippen LogP contribution in [0.3, 0.4) is 0 Å². The van der Waals surface area contributed by atoms with E-state index in [1.54, 1.807) is 12.1 Å². The van der Waals surface area contributed by atoms with Crippen LogP contribution in [0.2, 0.25) is 0 Å². The average molecular weight is 554 g/mol. The first kappa shape index (κ1) is 29.1. The number of ether oxygens (including phenoxy) is 2. The first-order valence-electron chi connectivity index (χ1n) is 13.0. The lowest BCUT2D eigenvalue weighted by atomic mass is 10.1. The molecule has 0 aliphatic carbocycles. The number of nitrogens with zero attached hydrogens (tertiary/aromatic N) is 1. The highest BCUT2D eigenvalue weighted by atomic mass is 79.9. The van der Waals surface area contributed by atoms with E-state index in [1.807, 2.05) is 19.9 Å². The van der Waals surface area contributed by atoms with Crippen LogP contribution < -0.4 is 10.1 Å². The third kappa shape index (κ3) is 10.2. The highest BCUT2D eigenvalue weighted by molar-refractivity contribution is 9.10. The lowest BCUT2D eigenvalue weighted by Crippen LogP contribution is -2.57. The predicted molar refractivity (Wildman–Crippen MR) is 140 cm³/mol. The molecule has 0 spiro atoms. The molecule has 1 N–H and O–H groups in total. The highest BCUT2D eigenvalue weighted by Gasteiger charge is 2.36. The van der Waals surface area contributed by atoms with Gasteiger partial charge >= 0.3 is 5.97 Å². The SMILES string of the molecule is CCCCCCCCCCOC(=O)CC1C(=O)NCCN1C(=O)c1cc(Br)ccc1OCC(C)C. The van der Waals surface area contributed by atoms with Crippen molar-refractivity contribution in [1.29, 1.82) is 0 Å². The molecule has 1 saturated heterocycles. The summed E-state index contributed by atoms with van der Waals surface area (Å²) in [4.78, 5) is 40.0. The van der Waals surface area contributed by atoms with Gasteiger partial charge in [-0.15, -0.1) is 0 Å². The molecule has 1 fully saturated rings. The molecule has 0 bridgehead atoms. The lowest BCUT2D eigenvalue weighted by Gasteiger charge is -2.35. The van der Waals surface area contributed by atoms with Crippen LogP contribution in [0.4, 0.5) is 0 Å². The maximum Gasteiger partial charge on any atom is 0.308 e. The Morgan fingerprint density at radius 3 is 2.49 bits per heavy atom. The number of hydrogen-bond donors (Lipinski definition) is 1. The van der Waals surface area contributed by atoms with Crippen molar-refractivity contribution < 1.29 is 23.9 Å². The Kier molecular flexibility index (Phi) is 13.2. The van der Waals surface area contributed by atoms with Crippen molar-refractivity contribution in [2.75, 3.05) is 26.3 Å². The molecule has 0 aromatic heterocycles. The van der Waals surface area contributed by atoms with Gasteiger partial charge < -0.3 is 19.7 Å². The van der Waals surface area contributed by atoms with E-state index in [4.69, 9.17) is 9.47 Å². The van der Waals surface area contributed by atoms with Crippen LogP contribution in [0.1, 0.15) is 88.9 Å². The highest BCUT2D eigenvalue weighted by Crippen LogP contribution is 2.27. The van der Waals surface area contributed by atoms with Gasteiger partial charge in [-0.3, -0.25) is 14.4 Å². The smallest absolute Gasteiger partial charge is 0.308 e. The number of rotatable bonds is 15. The zero-order chi connectivity index (χ0) is 25.6. The minimum absolute atomic E-state index is 0.162. The molecule has 8 heteroatoms. The molecule has 35 heavy (non-hydrogen) atoms. The number of nitrogens with one attached hydrogen (secondary N) is 1. The van der Waals surface area contributed by atoms with Crippen molar-refractivity contribution in [3.8, 4) is 5.75 Å². The molecular weight excluding hydrogens is 512 g/mol. The van der Waals surface area contributed by atoms with Gasteiger partial charge in [0, 0.05) is 17.6 Å². The Morgan fingerprint density at radius 2 is 1.80 bits per heavy atom. The summed E-state index contributed by atoms with van der Waals surface area (Å²) in [6.45, 7) is 7.74. The van der Waals surface area contributed by atoms with Crippen LogP contribution in [0, 0.1) is 5.92 Å². The summed E-state index contributed by atoms with van der Waals surface area (Å²) >= 11 is 3.42. The Morgan fingerprint density at radius 1 is 1.11 bits per heavy atom. The number of carbonyl (C=O) groups is 3. The number of hydrogen-bond acceptors (Lipinski definition) is 5. The molecule has 196 valence electrons. The maximum atomic E-state index is 13.5. The Hall–Kier alpha value is -2.09. The van der Waals surface area contributed by atoms with Crippen molar-refractivity contribution in [1.82, 2.24) is 10.2 Å². The van der Waals surface area contributed by atoms with Crippen molar-refractivity contribution >= 4 is 33.7 Å². The van der Waals surface area contributed by atoms with E-state index in [0.717, 1.165) is 23.7 Å². The second kappa shape index (κ2) is 15.8. The first-order valence-corrected chi connectivity index (χ1v) is 13.8. The van der Waals surface area contributed by atoms with Gasteiger partial charge in [0.25, 0.3) is 5.91 Å². The van der Waals surface area contributed by atoms with Crippen molar-refractivity contribution in [2.45, 2.75) is 84.6 Å². The van der Waals surface area contributed by atoms with E-state index >= 15 is 0 Å². The second-order valence-electron chi connectivity index (χ2n) is 9.55. The van der Waals surface area contributed by atoms with Gasteiger partial charge in [-0.25, -0.2) is 0 Å². The fraction of sp³-hybridized carbons (Fsp3) is 0.667. The number of unbranched alkanes of at least 4 members (excludes halogenated alkanes) is 7. The largest absolute Gasteiger partial charge is 0.492 e. The van der Waals surface area contributed by atoms with Crippen LogP contribution in [-0.2, 0) is 14.3 Å². The van der Waals surface area contributed by atoms with Crippen molar-refractivity contribution in [3.05, 3.63) is 28.2 Å². The summed E-state index contributed by atoms with van der Waals surface area (Å²) < 4.78 is 12.0. The topological polar surface area (TPSA) is 84.9 Å². The summed E-state index contributed by atoms with van der Waals surface area (Å²) in [5.74, 6) is -0.368. The number of esters is 1. The molecule has 0 radical (unpaired) electrons. The van der Waals surface area contributed by atoms with Gasteiger partial charge in [-0.05, 0) is 30.5 Å². The third-order valence-corrected chi connectivity index (χ3v) is 6.45. The summed E-state index contributed by atoms with van der Waals surface area (Å²) in [6, 6.07) is 4.35. The number of piperazine rings is 1. The summed E-state index contributed by atoms with van der Waals surface area (Å²) in [5.41, 5.74) is 0.368. The quantitative estimate of drug-likeness (QED) is 0.229. The molecule has 1 heterocycles. The number of benzene rings is 1. The predicted octanol–water partition coefficient (Wildman–Crippen LogP) is 5.50. The molecule has 1 unspecified atom stereocenters. The maximum absolute atomic E-state index is 13.5. The van der Waals surface area contributed by atoms with E-state index < -0.39 is 12.0 Å². The van der Waals surface area contributed by atoms with Gasteiger partial charge in [0.05, 0.1) is 25.2 Å². The minimum Gasteiger partial charge on any atom is -0.492 e. The van der Waals surface area contributed by atoms with E-state index in [-0.39, 0.29) is 18.2 Å². The van der Waals surface area contributed by atoms with E-state index in [9.17, 15) is 14.4 Å². The van der Waals surface area contributed by atoms with E-state index in [0.29, 0.717) is 43.5 Å². The fourth-order valence-corrected chi connectivity index (χ4v) is 4.37. The summed E-state index contributed by atoms with van der Waals surface area (Å²) in [5, 5.41) is 2.76. The zero-order valence-corrected chi connectivity index (χ0v) is 23.0. The molecule has 1 aromatic carbocycles. The van der Waals surface area contributed by atoms with Gasteiger partial charge in [-0.2, -0.15) is 0 Å². The molecule has 2 amide bonds. The van der Waals surface area contributed by atoms with Crippen LogP contribution >= 0.6 is 15.9 Å². The molecule has 1 atom stereocenters. The minimum atomic E-state index is -0.903. The zero-order valence-electron chi connectivity index (χ0n) is 21.4. The number of halogens is 1. The Labute approximate surface area is 218 Å². The van der Waals surface area contributed by atoms with Crippen LogP contribution in [0.5, 0.6) is 5.75 Å². The standard InChI is InChI=1S/C27H41BrN2O5/c1-4-5-6-7-8-9-10-11-16-34-25(31)18-23-26(32)29-14-15-30(23)27(33)22-17-21(28)12-13-24(22)35-19-20(2)3/h12-13,17,20,23H,4-11,14-16,18-19H2,1-3H3,(H,29,32). The summed E-state index contributed by atoms with van der Waals surface area (Å²) in [6.07, 6.45) is 9.11. The molecule has 7 nitrogen and oxygen atoms in total. The molecule has 1 aromatic rings. The van der Waals surface area contributed by atoms with E-state index in [1.165, 1.54) is 37.0 Å². The molecule has 1 aliphatic heterocycles. The third-order valence-electron chi connectivity index (χ3n) is 5.96. The van der Waals surface area contributed by atoms with Gasteiger partial charge in [-0.1, -0.05) is 81.6 Å². The van der Waals surface area contributed by atoms with Gasteiger partial charge in [0.15, 0.2) is 0 Å². The Balaban J connectivity index is 1.92. The van der Waals surface area contributed by atoms with Crippen molar-refractivity contribution in [2.24, 2.45) is 5.92 Å². The summed E-state index contributed by atoms with van der Waals surface area (Å²) in [7, 11) is 0. The second-order valence-corrected chi connectivity index (χ2v) is 10.5. The average Bonchev–Trinajstić information content (AvgIpc) is 2.83. The van der Waals surface area contributed by atoms with Crippen LogP contribution in [-0.4, -0.2) is 55.0 Å². The Bertz CT molecular complexity index is 830. The monoisotopic (exact) mass is 552 g/mol. The van der Waals surface area contributed by atoms with Crippen molar-refractivity contribution in [3.63, 3.8) is 0 Å². The first-order chi connectivity index (χ1) is 16.8.